The van der Waals surface area contributed by atoms with Gasteiger partial charge in [-0.2, -0.15) is 0 Å². The fourth-order valence-corrected chi connectivity index (χ4v) is 2.11. The quantitative estimate of drug-likeness (QED) is 0.655. The summed E-state index contributed by atoms with van der Waals surface area (Å²) in [6.45, 7) is -1.34. The van der Waals surface area contributed by atoms with Crippen LogP contribution in [0.1, 0.15) is 5.69 Å². The van der Waals surface area contributed by atoms with Gasteiger partial charge in [0.1, 0.15) is 13.1 Å². The molecule has 0 bridgehead atoms. The summed E-state index contributed by atoms with van der Waals surface area (Å²) in [6, 6.07) is 8.52. The summed E-state index contributed by atoms with van der Waals surface area (Å²) in [7, 11) is 0. The molecule has 2 aromatic rings. The molecule has 0 radical (unpaired) electrons. The number of aliphatic carboxylic acids is 2. The minimum absolute atomic E-state index is 0.180. The molecule has 0 fully saturated rings. The summed E-state index contributed by atoms with van der Waals surface area (Å²) in [5, 5.41) is 18.3. The van der Waals surface area contributed by atoms with Gasteiger partial charge in [0.25, 0.3) is 0 Å². The van der Waals surface area contributed by atoms with Gasteiger partial charge in [0.2, 0.25) is 5.91 Å². The first kappa shape index (κ1) is 16.2. The number of nitrogens with zero attached hydrogens (tertiary/aromatic N) is 2. The van der Waals surface area contributed by atoms with E-state index >= 15 is 0 Å². The van der Waals surface area contributed by atoms with Crippen LogP contribution < -0.4 is 5.73 Å². The first-order valence-electron chi connectivity index (χ1n) is 6.71. The lowest BCUT2D eigenvalue weighted by atomic mass is 10.1. The lowest BCUT2D eigenvalue weighted by Crippen LogP contribution is -2.40. The van der Waals surface area contributed by atoms with Gasteiger partial charge >= 0.3 is 11.9 Å². The molecule has 1 amide bonds. The average molecular weight is 317 g/mol. The summed E-state index contributed by atoms with van der Waals surface area (Å²) >= 11 is 0. The van der Waals surface area contributed by atoms with Crippen LogP contribution in [0.3, 0.4) is 0 Å². The summed E-state index contributed by atoms with van der Waals surface area (Å²) in [5.41, 5.74) is 7.34. The second kappa shape index (κ2) is 6.73. The van der Waals surface area contributed by atoms with Gasteiger partial charge in [-0.05, 0) is 24.3 Å². The summed E-state index contributed by atoms with van der Waals surface area (Å²) < 4.78 is 0. The number of hydrogen-bond acceptors (Lipinski definition) is 5. The zero-order chi connectivity index (χ0) is 17.0. The Morgan fingerprint density at radius 2 is 1.70 bits per heavy atom. The molecule has 0 aliphatic carbocycles. The van der Waals surface area contributed by atoms with Crippen LogP contribution in [-0.4, -0.2) is 51.0 Å². The largest absolute Gasteiger partial charge is 0.480 e. The standard InChI is InChI=1S/C15H15N3O5/c16-10-2-4-12-9(5-10)1-3-11(17-12)6-13(19)18(7-14(20)21)8-15(22)23/h1-5H,6-8,16H2,(H,20,21)(H,22,23). The number of amides is 1. The van der Waals surface area contributed by atoms with E-state index in [1.54, 1.807) is 30.3 Å². The van der Waals surface area contributed by atoms with E-state index in [0.717, 1.165) is 10.3 Å². The number of benzene rings is 1. The highest BCUT2D eigenvalue weighted by atomic mass is 16.4. The van der Waals surface area contributed by atoms with E-state index in [4.69, 9.17) is 15.9 Å². The molecule has 0 aliphatic heterocycles. The van der Waals surface area contributed by atoms with Gasteiger partial charge < -0.3 is 20.8 Å². The highest BCUT2D eigenvalue weighted by Gasteiger charge is 2.20. The van der Waals surface area contributed by atoms with E-state index in [9.17, 15) is 14.4 Å². The number of rotatable bonds is 6. The van der Waals surface area contributed by atoms with Gasteiger partial charge in [-0.25, -0.2) is 0 Å². The summed E-state index contributed by atoms with van der Waals surface area (Å²) in [5.74, 6) is -3.17. The Morgan fingerprint density at radius 3 is 2.30 bits per heavy atom. The Hall–Kier alpha value is -3.16. The van der Waals surface area contributed by atoms with Crippen LogP contribution in [0.4, 0.5) is 5.69 Å². The highest BCUT2D eigenvalue weighted by molar-refractivity contribution is 5.87. The van der Waals surface area contributed by atoms with Crippen molar-refractivity contribution in [2.75, 3.05) is 18.8 Å². The molecule has 4 N–H and O–H groups in total. The number of carbonyl (C=O) groups excluding carboxylic acids is 1. The van der Waals surface area contributed by atoms with Gasteiger partial charge in [-0.1, -0.05) is 6.07 Å². The fourth-order valence-electron chi connectivity index (χ4n) is 2.11. The van der Waals surface area contributed by atoms with Crippen molar-refractivity contribution < 1.29 is 24.6 Å². The molecule has 0 aliphatic rings. The van der Waals surface area contributed by atoms with Crippen molar-refractivity contribution in [3.8, 4) is 0 Å². The fraction of sp³-hybridized carbons (Fsp3) is 0.200. The SMILES string of the molecule is Nc1ccc2nc(CC(=O)N(CC(=O)O)CC(=O)O)ccc2c1. The number of carboxylic acid groups (broad SMARTS) is 2. The number of nitrogens with two attached hydrogens (primary N) is 1. The van der Waals surface area contributed by atoms with Crippen molar-refractivity contribution in [3.63, 3.8) is 0 Å². The minimum Gasteiger partial charge on any atom is -0.480 e. The molecule has 8 heteroatoms. The van der Waals surface area contributed by atoms with Gasteiger partial charge in [-0.15, -0.1) is 0 Å². The van der Waals surface area contributed by atoms with Gasteiger partial charge in [0.15, 0.2) is 0 Å². The first-order valence-corrected chi connectivity index (χ1v) is 6.71. The molecule has 2 rings (SSSR count). The second-order valence-electron chi connectivity index (χ2n) is 4.97. The number of fused-ring (bicyclic) bond motifs is 1. The van der Waals surface area contributed by atoms with Gasteiger partial charge in [0, 0.05) is 11.1 Å². The Labute approximate surface area is 131 Å². The van der Waals surface area contributed by atoms with E-state index in [1.807, 2.05) is 0 Å². The van der Waals surface area contributed by atoms with Crippen LogP contribution in [0, 0.1) is 0 Å². The van der Waals surface area contributed by atoms with Crippen LogP contribution >= 0.6 is 0 Å². The smallest absolute Gasteiger partial charge is 0.323 e. The number of pyridine rings is 1. The predicted molar refractivity (Wildman–Crippen MR) is 81.7 cm³/mol. The maximum absolute atomic E-state index is 12.1. The van der Waals surface area contributed by atoms with Crippen molar-refractivity contribution >= 4 is 34.4 Å². The monoisotopic (exact) mass is 317 g/mol. The van der Waals surface area contributed by atoms with E-state index in [1.165, 1.54) is 0 Å². The van der Waals surface area contributed by atoms with Crippen molar-refractivity contribution in [2.45, 2.75) is 6.42 Å². The molecule has 120 valence electrons. The Balaban J connectivity index is 2.18. The zero-order valence-electron chi connectivity index (χ0n) is 12.1. The maximum atomic E-state index is 12.1. The van der Waals surface area contributed by atoms with Crippen LogP contribution in [0.15, 0.2) is 30.3 Å². The molecular formula is C15H15N3O5. The number of nitrogen functional groups attached to an aromatic ring is 1. The number of aromatic nitrogens is 1. The number of carbonyl (C=O) groups is 3. The highest BCUT2D eigenvalue weighted by Crippen LogP contribution is 2.16. The van der Waals surface area contributed by atoms with Crippen molar-refractivity contribution in [3.05, 3.63) is 36.0 Å². The normalized spacial score (nSPS) is 10.4. The Morgan fingerprint density at radius 1 is 1.04 bits per heavy atom. The molecule has 1 aromatic heterocycles. The predicted octanol–water partition coefficient (Wildman–Crippen LogP) is 0.357. The minimum atomic E-state index is -1.28. The third kappa shape index (κ3) is 4.40. The molecule has 0 spiro atoms. The second-order valence-corrected chi connectivity index (χ2v) is 4.97. The first-order chi connectivity index (χ1) is 10.8. The van der Waals surface area contributed by atoms with E-state index in [-0.39, 0.29) is 6.42 Å². The molecule has 0 atom stereocenters. The molecule has 1 heterocycles. The van der Waals surface area contributed by atoms with Crippen molar-refractivity contribution in [2.24, 2.45) is 0 Å². The maximum Gasteiger partial charge on any atom is 0.323 e. The Kier molecular flexibility index (Phi) is 4.75. The Bertz CT molecular complexity index is 759. The average Bonchev–Trinajstić information content (AvgIpc) is 2.45. The van der Waals surface area contributed by atoms with Crippen LogP contribution in [0.2, 0.25) is 0 Å². The zero-order valence-corrected chi connectivity index (χ0v) is 12.1. The van der Waals surface area contributed by atoms with Gasteiger partial charge in [0.05, 0.1) is 17.6 Å². The van der Waals surface area contributed by atoms with Crippen molar-refractivity contribution in [1.82, 2.24) is 9.88 Å². The number of carboxylic acids is 2. The summed E-state index contributed by atoms with van der Waals surface area (Å²) in [4.78, 5) is 38.7. The molecular weight excluding hydrogens is 302 g/mol. The lowest BCUT2D eigenvalue weighted by molar-refractivity contribution is -0.149. The molecule has 8 nitrogen and oxygen atoms in total. The van der Waals surface area contributed by atoms with Crippen molar-refractivity contribution in [1.29, 1.82) is 0 Å². The van der Waals surface area contributed by atoms with E-state index in [0.29, 0.717) is 16.9 Å². The van der Waals surface area contributed by atoms with Crippen LogP contribution in [0.25, 0.3) is 10.9 Å². The third-order valence-corrected chi connectivity index (χ3v) is 3.11. The number of anilines is 1. The third-order valence-electron chi connectivity index (χ3n) is 3.11. The van der Waals surface area contributed by atoms with Crippen LogP contribution in [0.5, 0.6) is 0 Å². The molecule has 0 saturated heterocycles. The molecule has 1 aromatic carbocycles. The van der Waals surface area contributed by atoms with E-state index < -0.39 is 30.9 Å². The van der Waals surface area contributed by atoms with Crippen LogP contribution in [-0.2, 0) is 20.8 Å². The topological polar surface area (TPSA) is 134 Å². The van der Waals surface area contributed by atoms with Gasteiger partial charge in [-0.3, -0.25) is 19.4 Å². The summed E-state index contributed by atoms with van der Waals surface area (Å²) in [6.07, 6.45) is -0.180. The molecule has 23 heavy (non-hydrogen) atoms. The van der Waals surface area contributed by atoms with E-state index in [2.05, 4.69) is 4.98 Å². The number of hydrogen-bond donors (Lipinski definition) is 3. The lowest BCUT2D eigenvalue weighted by Gasteiger charge is -2.18. The molecule has 0 unspecified atom stereocenters. The molecule has 0 saturated carbocycles.